The Kier molecular flexibility index (Phi) is 5.80. The molecule has 2 aliphatic rings. The molecule has 0 saturated carbocycles. The molecule has 1 aromatic carbocycles. The highest BCUT2D eigenvalue weighted by molar-refractivity contribution is 5.99. The van der Waals surface area contributed by atoms with Crippen LogP contribution < -0.4 is 10.1 Å². The van der Waals surface area contributed by atoms with Gasteiger partial charge in [-0.15, -0.1) is 0 Å². The van der Waals surface area contributed by atoms with Crippen molar-refractivity contribution in [2.45, 2.75) is 43.9 Å². The van der Waals surface area contributed by atoms with Crippen molar-refractivity contribution in [3.63, 3.8) is 0 Å². The standard InChI is InChI=1S/C24H29N5O3/c1-31-21-6-3-2-5-18(21)17-28-13-9-24(10-14-28)8-7-19(32-24)15-26-23(30)20-16-27-29-12-4-11-25-22(20)29/h2-6,11-12,16,19H,7-10,13-15,17H2,1H3,(H,26,30). The number of likely N-dealkylation sites (tertiary alicyclic amines) is 1. The molecule has 1 atom stereocenters. The fourth-order valence-electron chi connectivity index (χ4n) is 4.89. The Morgan fingerprint density at radius 1 is 1.25 bits per heavy atom. The van der Waals surface area contributed by atoms with Gasteiger partial charge < -0.3 is 14.8 Å². The molecule has 1 unspecified atom stereocenters. The van der Waals surface area contributed by atoms with Gasteiger partial charge in [0.25, 0.3) is 5.91 Å². The first kappa shape index (κ1) is 20.9. The van der Waals surface area contributed by atoms with Crippen LogP contribution >= 0.6 is 0 Å². The fourth-order valence-corrected chi connectivity index (χ4v) is 4.89. The van der Waals surface area contributed by atoms with Gasteiger partial charge in [0.05, 0.1) is 25.0 Å². The Labute approximate surface area is 187 Å². The van der Waals surface area contributed by atoms with E-state index >= 15 is 0 Å². The number of nitrogens with zero attached hydrogens (tertiary/aromatic N) is 4. The Balaban J connectivity index is 1.12. The minimum Gasteiger partial charge on any atom is -0.496 e. The number of hydrogen-bond acceptors (Lipinski definition) is 6. The molecule has 8 nitrogen and oxygen atoms in total. The molecule has 2 fully saturated rings. The molecule has 0 radical (unpaired) electrons. The summed E-state index contributed by atoms with van der Waals surface area (Å²) in [4.78, 5) is 19.4. The highest BCUT2D eigenvalue weighted by Gasteiger charge is 2.42. The zero-order valence-corrected chi connectivity index (χ0v) is 18.4. The van der Waals surface area contributed by atoms with Crippen molar-refractivity contribution in [2.75, 3.05) is 26.7 Å². The average Bonchev–Trinajstić information content (AvgIpc) is 3.44. The highest BCUT2D eigenvalue weighted by atomic mass is 16.5. The van der Waals surface area contributed by atoms with Gasteiger partial charge in [0.1, 0.15) is 11.3 Å². The number of para-hydroxylation sites is 1. The van der Waals surface area contributed by atoms with Crippen molar-refractivity contribution in [1.82, 2.24) is 24.8 Å². The SMILES string of the molecule is COc1ccccc1CN1CCC2(CCC(CNC(=O)c3cnn4cccnc34)O2)CC1. The molecule has 1 amide bonds. The van der Waals surface area contributed by atoms with Gasteiger partial charge in [-0.1, -0.05) is 18.2 Å². The molecule has 2 saturated heterocycles. The van der Waals surface area contributed by atoms with Crippen LogP contribution in [-0.4, -0.2) is 63.9 Å². The highest BCUT2D eigenvalue weighted by Crippen LogP contribution is 2.39. The van der Waals surface area contributed by atoms with Gasteiger partial charge in [0.15, 0.2) is 5.65 Å². The van der Waals surface area contributed by atoms with Crippen molar-refractivity contribution in [2.24, 2.45) is 0 Å². The molecule has 1 spiro atoms. The van der Waals surface area contributed by atoms with Crippen LogP contribution in [0.3, 0.4) is 0 Å². The summed E-state index contributed by atoms with van der Waals surface area (Å²) in [6, 6.07) is 10.0. The third-order valence-corrected chi connectivity index (χ3v) is 6.71. The number of amides is 1. The summed E-state index contributed by atoms with van der Waals surface area (Å²) in [7, 11) is 1.72. The molecule has 0 bridgehead atoms. The number of rotatable bonds is 6. The lowest BCUT2D eigenvalue weighted by Gasteiger charge is -2.39. The van der Waals surface area contributed by atoms with Crippen LogP contribution in [0.4, 0.5) is 0 Å². The van der Waals surface area contributed by atoms with E-state index < -0.39 is 0 Å². The average molecular weight is 436 g/mol. The van der Waals surface area contributed by atoms with E-state index in [4.69, 9.17) is 9.47 Å². The molecular weight excluding hydrogens is 406 g/mol. The Bertz CT molecular complexity index is 1090. The van der Waals surface area contributed by atoms with Crippen molar-refractivity contribution in [3.05, 3.63) is 60.0 Å². The van der Waals surface area contributed by atoms with Crippen LogP contribution in [0.2, 0.25) is 0 Å². The van der Waals surface area contributed by atoms with Crippen LogP contribution in [0.15, 0.2) is 48.9 Å². The molecule has 2 aromatic heterocycles. The van der Waals surface area contributed by atoms with Crippen molar-refractivity contribution < 1.29 is 14.3 Å². The molecule has 2 aliphatic heterocycles. The largest absolute Gasteiger partial charge is 0.496 e. The van der Waals surface area contributed by atoms with E-state index in [0.717, 1.165) is 51.1 Å². The van der Waals surface area contributed by atoms with Crippen LogP contribution in [0.1, 0.15) is 41.6 Å². The van der Waals surface area contributed by atoms with E-state index in [2.05, 4.69) is 32.4 Å². The summed E-state index contributed by atoms with van der Waals surface area (Å²) in [5.74, 6) is 0.789. The first-order chi connectivity index (χ1) is 15.7. The lowest BCUT2D eigenvalue weighted by Crippen LogP contribution is -2.44. The van der Waals surface area contributed by atoms with Gasteiger partial charge in [-0.25, -0.2) is 9.50 Å². The summed E-state index contributed by atoms with van der Waals surface area (Å²) < 4.78 is 13.6. The van der Waals surface area contributed by atoms with Crippen LogP contribution in [-0.2, 0) is 11.3 Å². The topological polar surface area (TPSA) is 81.0 Å². The molecule has 0 aliphatic carbocycles. The smallest absolute Gasteiger partial charge is 0.256 e. The maximum atomic E-state index is 12.6. The number of hydrogen-bond donors (Lipinski definition) is 1. The molecule has 1 N–H and O–H groups in total. The first-order valence-corrected chi connectivity index (χ1v) is 11.2. The summed E-state index contributed by atoms with van der Waals surface area (Å²) in [6.07, 6.45) is 9.12. The molecule has 168 valence electrons. The number of piperidine rings is 1. The summed E-state index contributed by atoms with van der Waals surface area (Å²) in [5, 5.41) is 7.20. The number of aromatic nitrogens is 3. The monoisotopic (exact) mass is 435 g/mol. The molecule has 3 aromatic rings. The van der Waals surface area contributed by atoms with Crippen molar-refractivity contribution in [1.29, 1.82) is 0 Å². The van der Waals surface area contributed by atoms with Crippen molar-refractivity contribution >= 4 is 11.6 Å². The van der Waals surface area contributed by atoms with Crippen LogP contribution in [0, 0.1) is 0 Å². The van der Waals surface area contributed by atoms with Gasteiger partial charge in [0, 0.05) is 44.1 Å². The predicted octanol–water partition coefficient (Wildman–Crippen LogP) is 2.68. The number of benzene rings is 1. The maximum Gasteiger partial charge on any atom is 0.256 e. The second-order valence-electron chi connectivity index (χ2n) is 8.71. The van der Waals surface area contributed by atoms with Gasteiger partial charge in [-0.2, -0.15) is 5.10 Å². The predicted molar refractivity (Wildman–Crippen MR) is 120 cm³/mol. The minimum absolute atomic E-state index is 0.0505. The molecule has 5 rings (SSSR count). The zero-order chi connectivity index (χ0) is 22.0. The second-order valence-corrected chi connectivity index (χ2v) is 8.71. The minimum atomic E-state index is -0.158. The number of fused-ring (bicyclic) bond motifs is 1. The molecule has 4 heterocycles. The first-order valence-electron chi connectivity index (χ1n) is 11.2. The number of methoxy groups -OCH3 is 1. The maximum absolute atomic E-state index is 12.6. The van der Waals surface area contributed by atoms with E-state index in [9.17, 15) is 4.79 Å². The van der Waals surface area contributed by atoms with Gasteiger partial charge >= 0.3 is 0 Å². The lowest BCUT2D eigenvalue weighted by molar-refractivity contribution is -0.0765. The fraction of sp³-hybridized carbons (Fsp3) is 0.458. The van der Waals surface area contributed by atoms with Crippen LogP contribution in [0.5, 0.6) is 5.75 Å². The summed E-state index contributed by atoms with van der Waals surface area (Å²) >= 11 is 0. The number of ether oxygens (including phenoxy) is 2. The second kappa shape index (κ2) is 8.88. The third kappa shape index (κ3) is 4.20. The normalized spacial score (nSPS) is 20.6. The molecular formula is C24H29N5O3. The van der Waals surface area contributed by atoms with Crippen molar-refractivity contribution in [3.8, 4) is 5.75 Å². The van der Waals surface area contributed by atoms with E-state index in [0.29, 0.717) is 17.8 Å². The number of carbonyl (C=O) groups is 1. The van der Waals surface area contributed by atoms with E-state index in [-0.39, 0.29) is 17.6 Å². The van der Waals surface area contributed by atoms with Gasteiger partial charge in [-0.3, -0.25) is 9.69 Å². The lowest BCUT2D eigenvalue weighted by atomic mass is 9.88. The quantitative estimate of drug-likeness (QED) is 0.641. The Hall–Kier alpha value is -2.97. The molecule has 8 heteroatoms. The van der Waals surface area contributed by atoms with E-state index in [1.165, 1.54) is 5.56 Å². The number of carbonyl (C=O) groups excluding carboxylic acids is 1. The molecule has 32 heavy (non-hydrogen) atoms. The zero-order valence-electron chi connectivity index (χ0n) is 18.4. The van der Waals surface area contributed by atoms with Crippen LogP contribution in [0.25, 0.3) is 5.65 Å². The van der Waals surface area contributed by atoms with Gasteiger partial charge in [-0.05, 0) is 37.8 Å². The Morgan fingerprint density at radius 2 is 2.09 bits per heavy atom. The van der Waals surface area contributed by atoms with E-state index in [1.807, 2.05) is 12.1 Å². The Morgan fingerprint density at radius 3 is 2.94 bits per heavy atom. The summed E-state index contributed by atoms with van der Waals surface area (Å²) in [6.45, 7) is 3.42. The number of nitrogens with one attached hydrogen (secondary N) is 1. The summed E-state index contributed by atoms with van der Waals surface area (Å²) in [5.41, 5.74) is 2.22. The van der Waals surface area contributed by atoms with Gasteiger partial charge in [0.2, 0.25) is 0 Å². The van der Waals surface area contributed by atoms with E-state index in [1.54, 1.807) is 36.3 Å². The third-order valence-electron chi connectivity index (χ3n) is 6.71.